The molecule has 0 unspecified atom stereocenters. The summed E-state index contributed by atoms with van der Waals surface area (Å²) in [6, 6.07) is 4.14. The Hall–Kier alpha value is -1.60. The summed E-state index contributed by atoms with van der Waals surface area (Å²) >= 11 is 5.55. The highest BCUT2D eigenvalue weighted by Crippen LogP contribution is 2.18. The fourth-order valence-corrected chi connectivity index (χ4v) is 1.38. The third kappa shape index (κ3) is 2.50. The number of hydrogen-bond donors (Lipinski definition) is 0. The summed E-state index contributed by atoms with van der Waals surface area (Å²) in [6.07, 6.45) is 0. The van der Waals surface area contributed by atoms with Crippen molar-refractivity contribution in [3.8, 4) is 6.07 Å². The van der Waals surface area contributed by atoms with Gasteiger partial charge in [0.15, 0.2) is 0 Å². The first-order valence-corrected chi connectivity index (χ1v) is 5.13. The summed E-state index contributed by atoms with van der Waals surface area (Å²) in [4.78, 5) is 11.5. The molecule has 5 heteroatoms. The fourth-order valence-electron chi connectivity index (χ4n) is 1.22. The molecule has 0 aromatic heterocycles. The molecule has 0 atom stereocenters. The smallest absolute Gasteiger partial charge is 0.339 e. The maximum absolute atomic E-state index is 13.4. The maximum Gasteiger partial charge on any atom is 0.339 e. The highest BCUT2D eigenvalue weighted by Gasteiger charge is 2.17. The third-order valence-corrected chi connectivity index (χ3v) is 2.22. The van der Waals surface area contributed by atoms with Gasteiger partial charge < -0.3 is 4.74 Å². The molecule has 1 rings (SSSR count). The minimum absolute atomic E-state index is 0.0645. The SMILES string of the molecule is CCOC(=O)c1cc(CCl)cc(F)c1C#N. The van der Waals surface area contributed by atoms with E-state index in [-0.39, 0.29) is 23.6 Å². The number of nitrogens with zero attached hydrogens (tertiary/aromatic N) is 1. The molecule has 0 saturated carbocycles. The molecule has 0 aliphatic heterocycles. The van der Waals surface area contributed by atoms with Gasteiger partial charge >= 0.3 is 5.97 Å². The van der Waals surface area contributed by atoms with Gasteiger partial charge in [-0.25, -0.2) is 9.18 Å². The molecule has 0 aliphatic carbocycles. The van der Waals surface area contributed by atoms with Crippen LogP contribution in [0.4, 0.5) is 4.39 Å². The molecule has 0 aliphatic rings. The van der Waals surface area contributed by atoms with E-state index in [2.05, 4.69) is 0 Å². The van der Waals surface area contributed by atoms with E-state index >= 15 is 0 Å². The zero-order valence-corrected chi connectivity index (χ0v) is 9.34. The van der Waals surface area contributed by atoms with Crippen LogP contribution in [0.3, 0.4) is 0 Å². The highest BCUT2D eigenvalue weighted by atomic mass is 35.5. The van der Waals surface area contributed by atoms with Gasteiger partial charge in [0.25, 0.3) is 0 Å². The third-order valence-electron chi connectivity index (χ3n) is 1.91. The van der Waals surface area contributed by atoms with Crippen LogP contribution in [-0.4, -0.2) is 12.6 Å². The van der Waals surface area contributed by atoms with Crippen LogP contribution < -0.4 is 0 Å². The second-order valence-electron chi connectivity index (χ2n) is 2.97. The Bertz CT molecular complexity index is 454. The Balaban J connectivity index is 3.29. The molecule has 84 valence electrons. The zero-order valence-electron chi connectivity index (χ0n) is 8.59. The predicted octanol–water partition coefficient (Wildman–Crippen LogP) is 2.61. The molecule has 0 radical (unpaired) electrons. The van der Waals surface area contributed by atoms with Gasteiger partial charge in [-0.1, -0.05) is 0 Å². The predicted molar refractivity (Wildman–Crippen MR) is 56.6 cm³/mol. The van der Waals surface area contributed by atoms with E-state index in [9.17, 15) is 9.18 Å². The standard InChI is InChI=1S/C11H9ClFNO2/c1-2-16-11(15)8-3-7(5-12)4-10(13)9(8)6-14/h3-4H,2,5H2,1H3. The van der Waals surface area contributed by atoms with E-state index in [4.69, 9.17) is 21.6 Å². The molecule has 0 N–H and O–H groups in total. The summed E-state index contributed by atoms with van der Waals surface area (Å²) < 4.78 is 18.1. The van der Waals surface area contributed by atoms with Crippen molar-refractivity contribution in [1.82, 2.24) is 0 Å². The molecule has 3 nitrogen and oxygen atoms in total. The van der Waals surface area contributed by atoms with Crippen molar-refractivity contribution in [1.29, 1.82) is 5.26 Å². The molecule has 0 amide bonds. The molecule has 0 fully saturated rings. The van der Waals surface area contributed by atoms with Crippen molar-refractivity contribution in [2.24, 2.45) is 0 Å². The minimum Gasteiger partial charge on any atom is -0.462 e. The molecule has 0 saturated heterocycles. The van der Waals surface area contributed by atoms with Crippen molar-refractivity contribution in [2.75, 3.05) is 6.61 Å². The summed E-state index contributed by atoms with van der Waals surface area (Å²) in [5.74, 6) is -1.41. The largest absolute Gasteiger partial charge is 0.462 e. The van der Waals surface area contributed by atoms with E-state index in [0.29, 0.717) is 5.56 Å². The van der Waals surface area contributed by atoms with Crippen LogP contribution in [0, 0.1) is 17.1 Å². The molecule has 0 spiro atoms. The number of benzene rings is 1. The van der Waals surface area contributed by atoms with Gasteiger partial charge in [-0.2, -0.15) is 5.26 Å². The first kappa shape index (κ1) is 12.5. The van der Waals surface area contributed by atoms with Crippen molar-refractivity contribution < 1.29 is 13.9 Å². The van der Waals surface area contributed by atoms with E-state index in [1.807, 2.05) is 0 Å². The van der Waals surface area contributed by atoms with E-state index in [0.717, 1.165) is 6.07 Å². The van der Waals surface area contributed by atoms with Crippen LogP contribution >= 0.6 is 11.6 Å². The van der Waals surface area contributed by atoms with Gasteiger partial charge in [-0.3, -0.25) is 0 Å². The Morgan fingerprint density at radius 3 is 2.81 bits per heavy atom. The number of nitriles is 1. The van der Waals surface area contributed by atoms with Crippen molar-refractivity contribution in [2.45, 2.75) is 12.8 Å². The Kier molecular flexibility index (Phi) is 4.27. The van der Waals surface area contributed by atoms with Crippen LogP contribution in [0.15, 0.2) is 12.1 Å². The van der Waals surface area contributed by atoms with Crippen LogP contribution in [-0.2, 0) is 10.6 Å². The van der Waals surface area contributed by atoms with Crippen molar-refractivity contribution in [3.05, 3.63) is 34.6 Å². The first-order chi connectivity index (χ1) is 7.63. The molecule has 1 aromatic carbocycles. The lowest BCUT2D eigenvalue weighted by atomic mass is 10.0. The van der Waals surface area contributed by atoms with Crippen LogP contribution in [0.5, 0.6) is 0 Å². The monoisotopic (exact) mass is 241 g/mol. The first-order valence-electron chi connectivity index (χ1n) is 4.59. The average Bonchev–Trinajstić information content (AvgIpc) is 2.28. The number of rotatable bonds is 3. The highest BCUT2D eigenvalue weighted by molar-refractivity contribution is 6.17. The van der Waals surface area contributed by atoms with Gasteiger partial charge in [-0.05, 0) is 24.6 Å². The molecular formula is C11H9ClFNO2. The second kappa shape index (κ2) is 5.47. The lowest BCUT2D eigenvalue weighted by Crippen LogP contribution is -2.09. The Morgan fingerprint density at radius 2 is 2.31 bits per heavy atom. The molecule has 0 heterocycles. The van der Waals surface area contributed by atoms with E-state index < -0.39 is 11.8 Å². The van der Waals surface area contributed by atoms with Crippen LogP contribution in [0.25, 0.3) is 0 Å². The van der Waals surface area contributed by atoms with E-state index in [1.54, 1.807) is 13.0 Å². The molecule has 16 heavy (non-hydrogen) atoms. The summed E-state index contributed by atoms with van der Waals surface area (Å²) in [5, 5.41) is 8.75. The number of ether oxygens (including phenoxy) is 1. The van der Waals surface area contributed by atoms with Crippen LogP contribution in [0.2, 0.25) is 0 Å². The topological polar surface area (TPSA) is 50.1 Å². The molecule has 0 bridgehead atoms. The number of hydrogen-bond acceptors (Lipinski definition) is 3. The Labute approximate surface area is 97.4 Å². The van der Waals surface area contributed by atoms with Crippen molar-refractivity contribution >= 4 is 17.6 Å². The number of halogens is 2. The fraction of sp³-hybridized carbons (Fsp3) is 0.273. The lowest BCUT2D eigenvalue weighted by Gasteiger charge is -2.06. The maximum atomic E-state index is 13.4. The summed E-state index contributed by atoms with van der Waals surface area (Å²) in [7, 11) is 0. The molecular weight excluding hydrogens is 233 g/mol. The summed E-state index contributed by atoms with van der Waals surface area (Å²) in [6.45, 7) is 1.79. The number of carbonyl (C=O) groups excluding carboxylic acids is 1. The quantitative estimate of drug-likeness (QED) is 0.604. The number of carbonyl (C=O) groups is 1. The number of alkyl halides is 1. The summed E-state index contributed by atoms with van der Waals surface area (Å²) in [5.41, 5.74) is 0.0357. The normalized spacial score (nSPS) is 9.62. The van der Waals surface area contributed by atoms with Gasteiger partial charge in [0.05, 0.1) is 12.2 Å². The van der Waals surface area contributed by atoms with Gasteiger partial charge in [-0.15, -0.1) is 11.6 Å². The van der Waals surface area contributed by atoms with Crippen molar-refractivity contribution in [3.63, 3.8) is 0 Å². The van der Waals surface area contributed by atoms with Gasteiger partial charge in [0.1, 0.15) is 17.4 Å². The van der Waals surface area contributed by atoms with E-state index in [1.165, 1.54) is 6.07 Å². The lowest BCUT2D eigenvalue weighted by molar-refractivity contribution is 0.0525. The van der Waals surface area contributed by atoms with Crippen LogP contribution in [0.1, 0.15) is 28.4 Å². The minimum atomic E-state index is -0.760. The average molecular weight is 242 g/mol. The second-order valence-corrected chi connectivity index (χ2v) is 3.23. The Morgan fingerprint density at radius 1 is 1.62 bits per heavy atom. The van der Waals surface area contributed by atoms with Gasteiger partial charge in [0, 0.05) is 5.88 Å². The number of esters is 1. The molecule has 1 aromatic rings. The van der Waals surface area contributed by atoms with Gasteiger partial charge in [0.2, 0.25) is 0 Å². The zero-order chi connectivity index (χ0) is 12.1.